The van der Waals surface area contributed by atoms with Crippen molar-refractivity contribution in [2.45, 2.75) is 52.0 Å². The van der Waals surface area contributed by atoms with Gasteiger partial charge in [-0.05, 0) is 50.8 Å². The molecule has 1 N–H and O–H groups in total. The maximum atomic E-state index is 3.34. The van der Waals surface area contributed by atoms with Crippen LogP contribution in [0.4, 0.5) is 0 Å². The normalized spacial score (nSPS) is 13.8. The highest BCUT2D eigenvalue weighted by Crippen LogP contribution is 2.20. The summed E-state index contributed by atoms with van der Waals surface area (Å²) in [4.78, 5) is 0. The molecule has 1 rings (SSSR count). The third-order valence-electron chi connectivity index (χ3n) is 3.48. The first-order valence-corrected chi connectivity index (χ1v) is 6.26. The molecule has 0 saturated carbocycles. The molecule has 0 spiro atoms. The molecule has 90 valence electrons. The van der Waals surface area contributed by atoms with Gasteiger partial charge in [-0.25, -0.2) is 0 Å². The molecule has 0 aliphatic heterocycles. The zero-order valence-electron chi connectivity index (χ0n) is 11.3. The van der Waals surface area contributed by atoms with Gasteiger partial charge in [0.15, 0.2) is 0 Å². The first-order chi connectivity index (χ1) is 7.48. The smallest absolute Gasteiger partial charge is 0.0162 e. The van der Waals surface area contributed by atoms with Gasteiger partial charge in [0.05, 0.1) is 0 Å². The Balaban J connectivity index is 2.72. The van der Waals surface area contributed by atoms with Gasteiger partial charge in [-0.2, -0.15) is 0 Å². The fourth-order valence-electron chi connectivity index (χ4n) is 1.80. The van der Waals surface area contributed by atoms with Gasteiger partial charge in [0.2, 0.25) is 0 Å². The summed E-state index contributed by atoms with van der Waals surface area (Å²) >= 11 is 0. The monoisotopic (exact) mass is 219 g/mol. The van der Waals surface area contributed by atoms with Gasteiger partial charge in [-0.15, -0.1) is 0 Å². The molecule has 1 heteroatoms. The molecule has 0 radical (unpaired) electrons. The van der Waals surface area contributed by atoms with E-state index in [9.17, 15) is 0 Å². The zero-order valence-corrected chi connectivity index (χ0v) is 11.3. The second-order valence-corrected chi connectivity index (χ2v) is 5.36. The lowest BCUT2D eigenvalue weighted by atomic mass is 9.92. The Labute approximate surface area is 100 Å². The van der Waals surface area contributed by atoms with Gasteiger partial charge in [-0.3, -0.25) is 0 Å². The summed E-state index contributed by atoms with van der Waals surface area (Å²) in [5.74, 6) is 0.673. The second-order valence-electron chi connectivity index (χ2n) is 5.36. The van der Waals surface area contributed by atoms with Crippen LogP contribution >= 0.6 is 0 Å². The van der Waals surface area contributed by atoms with Crippen molar-refractivity contribution in [2.75, 3.05) is 7.05 Å². The molecule has 1 aromatic rings. The van der Waals surface area contributed by atoms with E-state index in [1.807, 2.05) is 7.05 Å². The molecular weight excluding hydrogens is 194 g/mol. The number of likely N-dealkylation sites (N-methyl/N-ethyl adjacent to an activating group) is 1. The first kappa shape index (κ1) is 13.2. The van der Waals surface area contributed by atoms with Crippen LogP contribution in [0.2, 0.25) is 0 Å². The van der Waals surface area contributed by atoms with E-state index in [-0.39, 0.29) is 5.54 Å². The largest absolute Gasteiger partial charge is 0.314 e. The summed E-state index contributed by atoms with van der Waals surface area (Å²) in [5, 5.41) is 3.34. The number of rotatable bonds is 5. The third kappa shape index (κ3) is 3.64. The van der Waals surface area contributed by atoms with Gasteiger partial charge in [0, 0.05) is 5.54 Å². The first-order valence-electron chi connectivity index (χ1n) is 6.26. The Kier molecular flexibility index (Phi) is 4.55. The van der Waals surface area contributed by atoms with E-state index in [0.717, 1.165) is 6.42 Å². The van der Waals surface area contributed by atoms with Gasteiger partial charge < -0.3 is 5.32 Å². The predicted molar refractivity (Wildman–Crippen MR) is 72.0 cm³/mol. The van der Waals surface area contributed by atoms with Gasteiger partial charge in [0.25, 0.3) is 0 Å². The molecule has 0 amide bonds. The van der Waals surface area contributed by atoms with Crippen LogP contribution in [-0.2, 0) is 6.42 Å². The van der Waals surface area contributed by atoms with Crippen LogP contribution in [0.15, 0.2) is 24.3 Å². The minimum atomic E-state index is 0.178. The Morgan fingerprint density at radius 1 is 1.19 bits per heavy atom. The van der Waals surface area contributed by atoms with Crippen LogP contribution in [0.1, 0.15) is 51.2 Å². The van der Waals surface area contributed by atoms with Crippen molar-refractivity contribution in [1.29, 1.82) is 0 Å². The maximum absolute atomic E-state index is 3.34. The van der Waals surface area contributed by atoms with Crippen molar-refractivity contribution in [1.82, 2.24) is 5.32 Å². The van der Waals surface area contributed by atoms with Crippen molar-refractivity contribution in [2.24, 2.45) is 0 Å². The average molecular weight is 219 g/mol. The fourth-order valence-corrected chi connectivity index (χ4v) is 1.80. The van der Waals surface area contributed by atoms with Gasteiger partial charge >= 0.3 is 0 Å². The summed E-state index contributed by atoms with van der Waals surface area (Å²) in [7, 11) is 2.02. The molecule has 1 unspecified atom stereocenters. The van der Waals surface area contributed by atoms with E-state index in [4.69, 9.17) is 0 Å². The summed E-state index contributed by atoms with van der Waals surface area (Å²) < 4.78 is 0. The predicted octanol–water partition coefficient (Wildman–Crippen LogP) is 3.74. The summed E-state index contributed by atoms with van der Waals surface area (Å²) in [6, 6.07) is 9.08. The van der Waals surface area contributed by atoms with Crippen molar-refractivity contribution in [3.05, 3.63) is 35.4 Å². The van der Waals surface area contributed by atoms with E-state index >= 15 is 0 Å². The summed E-state index contributed by atoms with van der Waals surface area (Å²) in [5.41, 5.74) is 3.04. The van der Waals surface area contributed by atoms with Crippen molar-refractivity contribution in [3.63, 3.8) is 0 Å². The van der Waals surface area contributed by atoms with E-state index < -0.39 is 0 Å². The van der Waals surface area contributed by atoms with Crippen molar-refractivity contribution < 1.29 is 0 Å². The average Bonchev–Trinajstić information content (AvgIpc) is 2.28. The molecule has 0 fully saturated rings. The van der Waals surface area contributed by atoms with Crippen LogP contribution < -0.4 is 5.32 Å². The molecule has 1 nitrogen and oxygen atoms in total. The fraction of sp³-hybridized carbons (Fsp3) is 0.600. The van der Waals surface area contributed by atoms with Gasteiger partial charge in [0.1, 0.15) is 0 Å². The van der Waals surface area contributed by atoms with Gasteiger partial charge in [-0.1, -0.05) is 38.1 Å². The molecule has 1 atom stereocenters. The number of hydrogen-bond acceptors (Lipinski definition) is 1. The van der Waals surface area contributed by atoms with E-state index in [0.29, 0.717) is 5.92 Å². The lowest BCUT2D eigenvalue weighted by molar-refractivity contribution is 0.422. The highest BCUT2D eigenvalue weighted by atomic mass is 14.9. The minimum Gasteiger partial charge on any atom is -0.314 e. The Morgan fingerprint density at radius 3 is 2.19 bits per heavy atom. The summed E-state index contributed by atoms with van der Waals surface area (Å²) in [6.45, 7) is 8.99. The lowest BCUT2D eigenvalue weighted by Crippen LogP contribution is -2.38. The van der Waals surface area contributed by atoms with E-state index in [1.165, 1.54) is 17.5 Å². The number of nitrogens with one attached hydrogen (secondary N) is 1. The second kappa shape index (κ2) is 5.49. The van der Waals surface area contributed by atoms with E-state index in [2.05, 4.69) is 57.3 Å². The molecule has 1 aromatic carbocycles. The van der Waals surface area contributed by atoms with Crippen LogP contribution in [0.3, 0.4) is 0 Å². The molecular formula is C15H25N. The molecule has 0 aromatic heterocycles. The van der Waals surface area contributed by atoms with Crippen LogP contribution in [-0.4, -0.2) is 12.6 Å². The lowest BCUT2D eigenvalue weighted by Gasteiger charge is -2.24. The van der Waals surface area contributed by atoms with E-state index in [1.54, 1.807) is 0 Å². The highest BCUT2D eigenvalue weighted by molar-refractivity contribution is 5.26. The zero-order chi connectivity index (χ0) is 12.2. The van der Waals surface area contributed by atoms with Crippen molar-refractivity contribution in [3.8, 4) is 0 Å². The van der Waals surface area contributed by atoms with Crippen LogP contribution in [0.5, 0.6) is 0 Å². The van der Waals surface area contributed by atoms with Crippen molar-refractivity contribution >= 4 is 0 Å². The third-order valence-corrected chi connectivity index (χ3v) is 3.48. The molecule has 0 aliphatic rings. The topological polar surface area (TPSA) is 12.0 Å². The Hall–Kier alpha value is -0.820. The molecule has 0 heterocycles. The van der Waals surface area contributed by atoms with Crippen LogP contribution in [0.25, 0.3) is 0 Å². The number of hydrogen-bond donors (Lipinski definition) is 1. The summed E-state index contributed by atoms with van der Waals surface area (Å²) in [6.07, 6.45) is 2.28. The minimum absolute atomic E-state index is 0.178. The Bertz CT molecular complexity index is 311. The Morgan fingerprint density at radius 2 is 1.75 bits per heavy atom. The molecule has 0 bridgehead atoms. The quantitative estimate of drug-likeness (QED) is 0.795. The molecule has 0 saturated heterocycles. The highest BCUT2D eigenvalue weighted by Gasteiger charge is 2.15. The SMILES string of the molecule is CCC(C)c1ccc(CC(C)(C)NC)cc1. The molecule has 0 aliphatic carbocycles. The van der Waals surface area contributed by atoms with Crippen LogP contribution in [0, 0.1) is 0 Å². The number of benzene rings is 1. The maximum Gasteiger partial charge on any atom is 0.0162 e. The standard InChI is InChI=1S/C15H25N/c1-6-12(2)14-9-7-13(8-10-14)11-15(3,4)16-5/h7-10,12,16H,6,11H2,1-5H3. The molecule has 16 heavy (non-hydrogen) atoms.